The highest BCUT2D eigenvalue weighted by Crippen LogP contribution is 2.29. The van der Waals surface area contributed by atoms with Crippen molar-refractivity contribution in [3.05, 3.63) is 59.6 Å². The number of carbonyl (C=O) groups is 2. The Morgan fingerprint density at radius 3 is 2.79 bits per heavy atom. The monoisotopic (exact) mass is 479 g/mol. The lowest BCUT2D eigenvalue weighted by Gasteiger charge is -2.25. The number of hydrogen-bond donors (Lipinski definition) is 2. The molecule has 174 valence electrons. The maximum absolute atomic E-state index is 14.3. The highest BCUT2D eigenvalue weighted by Gasteiger charge is 2.32. The predicted molar refractivity (Wildman–Crippen MR) is 111 cm³/mol. The number of nitrogens with one attached hydrogen (secondary N) is 2. The molecule has 13 heteroatoms. The Labute approximate surface area is 187 Å². The number of benzene rings is 1. The summed E-state index contributed by atoms with van der Waals surface area (Å²) in [5.74, 6) is -2.67. The average Bonchev–Trinajstić information content (AvgIpc) is 3.14. The zero-order valence-electron chi connectivity index (χ0n) is 17.3. The Morgan fingerprint density at radius 2 is 2.09 bits per heavy atom. The molecule has 2 amide bonds. The van der Waals surface area contributed by atoms with Crippen LogP contribution in [0.4, 0.5) is 8.78 Å². The zero-order valence-corrected chi connectivity index (χ0v) is 18.2. The van der Waals surface area contributed by atoms with Gasteiger partial charge in [-0.3, -0.25) is 14.4 Å². The fraction of sp³-hybridized carbons (Fsp3) is 0.250. The number of hydrogen-bond acceptors (Lipinski definition) is 6. The summed E-state index contributed by atoms with van der Waals surface area (Å²) in [4.78, 5) is 32.4. The van der Waals surface area contributed by atoms with Crippen LogP contribution in [0.5, 0.6) is 0 Å². The molecule has 4 rings (SSSR count). The van der Waals surface area contributed by atoms with Crippen molar-refractivity contribution in [2.24, 2.45) is 0 Å². The van der Waals surface area contributed by atoms with Crippen LogP contribution in [0.25, 0.3) is 10.9 Å². The number of halogens is 2. The first kappa shape index (κ1) is 22.8. The lowest BCUT2D eigenvalue weighted by molar-refractivity contribution is -0.122. The summed E-state index contributed by atoms with van der Waals surface area (Å²) in [6.45, 7) is -0.260. The molecule has 2 aromatic heterocycles. The maximum atomic E-state index is 14.3. The summed E-state index contributed by atoms with van der Waals surface area (Å²) in [7, 11) is -2.92. The first-order valence-corrected chi connectivity index (χ1v) is 11.2. The number of piperazine rings is 1. The largest absolute Gasteiger partial charge is 0.354 e. The molecule has 0 spiro atoms. The Balaban J connectivity index is 1.85. The lowest BCUT2D eigenvalue weighted by atomic mass is 10.2. The van der Waals surface area contributed by atoms with Gasteiger partial charge in [-0.15, -0.1) is 0 Å². The topological polar surface area (TPSA) is 123 Å². The minimum Gasteiger partial charge on any atom is -0.354 e. The third kappa shape index (κ3) is 4.42. The van der Waals surface area contributed by atoms with Crippen molar-refractivity contribution in [2.75, 3.05) is 26.7 Å². The molecule has 1 aliphatic rings. The number of sulfonamides is 1. The molecular formula is C20H19F2N5O5S. The quantitative estimate of drug-likeness (QED) is 0.504. The van der Waals surface area contributed by atoms with Crippen LogP contribution < -0.4 is 10.8 Å². The number of nitrogens with zero attached hydrogens (tertiary/aromatic N) is 3. The number of pyridine rings is 1. The molecule has 0 radical (unpaired) electrons. The number of rotatable bonds is 6. The van der Waals surface area contributed by atoms with Crippen LogP contribution in [0.2, 0.25) is 0 Å². The average molecular weight is 479 g/mol. The second-order valence-corrected chi connectivity index (χ2v) is 9.17. The van der Waals surface area contributed by atoms with Gasteiger partial charge in [0.25, 0.3) is 5.91 Å². The molecule has 3 heterocycles. The van der Waals surface area contributed by atoms with Crippen LogP contribution in [-0.2, 0) is 26.2 Å². The van der Waals surface area contributed by atoms with E-state index in [-0.39, 0.29) is 47.7 Å². The minimum absolute atomic E-state index is 0.0649. The Morgan fingerprint density at radius 1 is 1.30 bits per heavy atom. The molecule has 0 aliphatic carbocycles. The van der Waals surface area contributed by atoms with E-state index >= 15 is 0 Å². The summed E-state index contributed by atoms with van der Waals surface area (Å²) in [6.07, 6.45) is 2.57. The van der Waals surface area contributed by atoms with E-state index in [0.29, 0.717) is 5.52 Å². The van der Waals surface area contributed by atoms with E-state index in [2.05, 4.69) is 20.6 Å². The van der Waals surface area contributed by atoms with Crippen molar-refractivity contribution in [1.29, 1.82) is 0 Å². The van der Waals surface area contributed by atoms with E-state index in [4.69, 9.17) is 0 Å². The molecule has 0 bridgehead atoms. The standard InChI is InChI=1S/C20H19F2N5O5S/c1-32-25-20(29)16-7-14-17(8-24-16)26(9-12-2-3-13(21)6-15(12)22)10-18(14)33(30,31)27-5-4-23-19(28)11-27/h2-3,6-8,10H,4-5,9,11H2,1H3,(H,23,28)(H,25,29). The van der Waals surface area contributed by atoms with E-state index < -0.39 is 33.5 Å². The van der Waals surface area contributed by atoms with Crippen molar-refractivity contribution in [2.45, 2.75) is 11.4 Å². The highest BCUT2D eigenvalue weighted by molar-refractivity contribution is 7.89. The Bertz CT molecular complexity index is 1360. The van der Waals surface area contributed by atoms with Crippen molar-refractivity contribution in [3.8, 4) is 0 Å². The summed E-state index contributed by atoms with van der Waals surface area (Å²) in [5.41, 5.74) is 2.42. The van der Waals surface area contributed by atoms with E-state index in [9.17, 15) is 26.8 Å². The third-order valence-electron chi connectivity index (χ3n) is 5.14. The first-order valence-electron chi connectivity index (χ1n) is 9.73. The molecule has 1 aliphatic heterocycles. The van der Waals surface area contributed by atoms with Crippen LogP contribution in [-0.4, -0.2) is 60.8 Å². The predicted octanol–water partition coefficient (Wildman–Crippen LogP) is 0.775. The number of aromatic nitrogens is 2. The summed E-state index contributed by atoms with van der Waals surface area (Å²) in [6, 6.07) is 4.36. The molecule has 1 saturated heterocycles. The number of carbonyl (C=O) groups excluding carboxylic acids is 2. The van der Waals surface area contributed by atoms with Crippen molar-refractivity contribution < 1.29 is 31.6 Å². The highest BCUT2D eigenvalue weighted by atomic mass is 32.2. The van der Waals surface area contributed by atoms with Crippen molar-refractivity contribution in [1.82, 2.24) is 24.7 Å². The molecular weight excluding hydrogens is 460 g/mol. The van der Waals surface area contributed by atoms with Gasteiger partial charge < -0.3 is 9.88 Å². The molecule has 10 nitrogen and oxygen atoms in total. The normalized spacial score (nSPS) is 14.9. The van der Waals surface area contributed by atoms with Crippen LogP contribution in [0.15, 0.2) is 41.6 Å². The van der Waals surface area contributed by atoms with Crippen LogP contribution in [0, 0.1) is 11.6 Å². The van der Waals surface area contributed by atoms with Crippen LogP contribution in [0.1, 0.15) is 16.1 Å². The molecule has 1 aromatic carbocycles. The first-order chi connectivity index (χ1) is 15.7. The minimum atomic E-state index is -4.16. The second-order valence-electron chi connectivity index (χ2n) is 7.27. The summed E-state index contributed by atoms with van der Waals surface area (Å²) < 4.78 is 56.8. The van der Waals surface area contributed by atoms with Gasteiger partial charge in [0.05, 0.1) is 31.9 Å². The molecule has 3 aromatic rings. The van der Waals surface area contributed by atoms with Gasteiger partial charge in [0.2, 0.25) is 15.9 Å². The lowest BCUT2D eigenvalue weighted by Crippen LogP contribution is -2.49. The van der Waals surface area contributed by atoms with E-state index in [0.717, 1.165) is 16.4 Å². The Kier molecular flexibility index (Phi) is 6.10. The van der Waals surface area contributed by atoms with Gasteiger partial charge in [-0.05, 0) is 12.1 Å². The number of hydroxylamine groups is 1. The van der Waals surface area contributed by atoms with Crippen LogP contribution >= 0.6 is 0 Å². The van der Waals surface area contributed by atoms with Crippen LogP contribution in [0.3, 0.4) is 0 Å². The molecule has 0 unspecified atom stereocenters. The number of amides is 2. The maximum Gasteiger partial charge on any atom is 0.293 e. The van der Waals surface area contributed by atoms with E-state index in [1.54, 1.807) is 0 Å². The number of fused-ring (bicyclic) bond motifs is 1. The van der Waals surface area contributed by atoms with Crippen molar-refractivity contribution in [3.63, 3.8) is 0 Å². The fourth-order valence-corrected chi connectivity index (χ4v) is 5.15. The van der Waals surface area contributed by atoms with Gasteiger partial charge in [0, 0.05) is 36.3 Å². The van der Waals surface area contributed by atoms with Gasteiger partial charge in [-0.25, -0.2) is 27.7 Å². The molecule has 0 atom stereocenters. The summed E-state index contributed by atoms with van der Waals surface area (Å²) >= 11 is 0. The molecule has 2 N–H and O–H groups in total. The third-order valence-corrected chi connectivity index (χ3v) is 7.01. The van der Waals surface area contributed by atoms with Gasteiger partial charge in [-0.2, -0.15) is 4.31 Å². The van der Waals surface area contributed by atoms with E-state index in [1.807, 2.05) is 0 Å². The molecule has 33 heavy (non-hydrogen) atoms. The Hall–Kier alpha value is -3.42. The molecule has 0 saturated carbocycles. The second kappa shape index (κ2) is 8.84. The smallest absolute Gasteiger partial charge is 0.293 e. The van der Waals surface area contributed by atoms with Gasteiger partial charge >= 0.3 is 0 Å². The summed E-state index contributed by atoms with van der Waals surface area (Å²) in [5, 5.41) is 2.71. The molecule has 1 fully saturated rings. The SMILES string of the molecule is CONC(=O)c1cc2c(S(=O)(=O)N3CCNC(=O)C3)cn(Cc3ccc(F)cc3F)c2cn1. The van der Waals surface area contributed by atoms with Crippen molar-refractivity contribution >= 4 is 32.7 Å². The van der Waals surface area contributed by atoms with E-state index in [1.165, 1.54) is 36.2 Å². The van der Waals surface area contributed by atoms with Gasteiger partial charge in [0.15, 0.2) is 0 Å². The fourth-order valence-electron chi connectivity index (χ4n) is 3.55. The van der Waals surface area contributed by atoms with Gasteiger partial charge in [0.1, 0.15) is 22.2 Å². The zero-order chi connectivity index (χ0) is 23.8. The van der Waals surface area contributed by atoms with Gasteiger partial charge in [-0.1, -0.05) is 6.07 Å².